The van der Waals surface area contributed by atoms with E-state index >= 15 is 0 Å². The standard InChI is InChI=1S/C12H20N2O2/c15-11(8-9-4-2-1-3-5-9)13-14-12(16)10-6-7-10/h9-10H,1-8H2,(H,13,15)(H,14,16). The molecule has 0 saturated heterocycles. The van der Waals surface area contributed by atoms with Crippen molar-refractivity contribution in [1.82, 2.24) is 10.9 Å². The van der Waals surface area contributed by atoms with E-state index in [4.69, 9.17) is 0 Å². The lowest BCUT2D eigenvalue weighted by Gasteiger charge is -2.20. The van der Waals surface area contributed by atoms with Gasteiger partial charge in [-0.3, -0.25) is 20.4 Å². The number of nitrogens with one attached hydrogen (secondary N) is 2. The molecule has 2 fully saturated rings. The van der Waals surface area contributed by atoms with Crippen LogP contribution >= 0.6 is 0 Å². The van der Waals surface area contributed by atoms with Gasteiger partial charge in [0.15, 0.2) is 0 Å². The Morgan fingerprint density at radius 3 is 2.25 bits per heavy atom. The van der Waals surface area contributed by atoms with Crippen molar-refractivity contribution in [3.63, 3.8) is 0 Å². The third kappa shape index (κ3) is 3.51. The molecule has 0 aliphatic heterocycles. The molecule has 0 aromatic rings. The molecule has 2 saturated carbocycles. The van der Waals surface area contributed by atoms with Gasteiger partial charge in [0.1, 0.15) is 0 Å². The van der Waals surface area contributed by atoms with E-state index in [1.807, 2.05) is 0 Å². The van der Waals surface area contributed by atoms with Crippen LogP contribution in [0.2, 0.25) is 0 Å². The molecule has 0 heterocycles. The monoisotopic (exact) mass is 224 g/mol. The molecule has 0 aromatic heterocycles. The Morgan fingerprint density at radius 2 is 1.62 bits per heavy atom. The molecule has 0 unspecified atom stereocenters. The van der Waals surface area contributed by atoms with Crippen molar-refractivity contribution < 1.29 is 9.59 Å². The van der Waals surface area contributed by atoms with E-state index in [-0.39, 0.29) is 17.7 Å². The molecule has 2 aliphatic rings. The van der Waals surface area contributed by atoms with E-state index in [9.17, 15) is 9.59 Å². The summed E-state index contributed by atoms with van der Waals surface area (Å²) in [4.78, 5) is 22.8. The smallest absolute Gasteiger partial charge is 0.241 e. The first-order valence-corrected chi connectivity index (χ1v) is 6.34. The van der Waals surface area contributed by atoms with E-state index in [0.717, 1.165) is 25.7 Å². The zero-order valence-corrected chi connectivity index (χ0v) is 9.63. The molecule has 2 N–H and O–H groups in total. The summed E-state index contributed by atoms with van der Waals surface area (Å²) in [6.07, 6.45) is 8.59. The largest absolute Gasteiger partial charge is 0.273 e. The van der Waals surface area contributed by atoms with Gasteiger partial charge in [-0.25, -0.2) is 0 Å². The average Bonchev–Trinajstić information content (AvgIpc) is 3.11. The molecule has 0 radical (unpaired) electrons. The van der Waals surface area contributed by atoms with Crippen molar-refractivity contribution in [2.24, 2.45) is 11.8 Å². The lowest BCUT2D eigenvalue weighted by Crippen LogP contribution is -2.43. The maximum Gasteiger partial charge on any atom is 0.241 e. The van der Waals surface area contributed by atoms with E-state index in [1.54, 1.807) is 0 Å². The maximum atomic E-state index is 11.5. The van der Waals surface area contributed by atoms with Crippen molar-refractivity contribution in [3.8, 4) is 0 Å². The van der Waals surface area contributed by atoms with Gasteiger partial charge in [-0.05, 0) is 31.6 Å². The molecule has 2 rings (SSSR count). The average molecular weight is 224 g/mol. The van der Waals surface area contributed by atoms with Crippen molar-refractivity contribution >= 4 is 11.8 Å². The normalized spacial score (nSPS) is 21.5. The van der Waals surface area contributed by atoms with Crippen LogP contribution in [0.1, 0.15) is 51.4 Å². The molecule has 4 heteroatoms. The number of hydrogen-bond acceptors (Lipinski definition) is 2. The maximum absolute atomic E-state index is 11.5. The number of amides is 2. The number of hydrogen-bond donors (Lipinski definition) is 2. The Bertz CT molecular complexity index is 268. The fourth-order valence-electron chi connectivity index (χ4n) is 2.28. The second-order valence-electron chi connectivity index (χ2n) is 5.02. The Morgan fingerprint density at radius 1 is 0.938 bits per heavy atom. The molecule has 0 atom stereocenters. The van der Waals surface area contributed by atoms with Crippen LogP contribution in [0, 0.1) is 11.8 Å². The highest BCUT2D eigenvalue weighted by Crippen LogP contribution is 2.28. The first-order chi connectivity index (χ1) is 7.75. The summed E-state index contributed by atoms with van der Waals surface area (Å²) in [5.74, 6) is 0.597. The van der Waals surface area contributed by atoms with E-state index in [2.05, 4.69) is 10.9 Å². The van der Waals surface area contributed by atoms with Gasteiger partial charge in [0.2, 0.25) is 11.8 Å². The first kappa shape index (κ1) is 11.4. The Labute approximate surface area is 96.1 Å². The zero-order chi connectivity index (χ0) is 11.4. The summed E-state index contributed by atoms with van der Waals surface area (Å²) >= 11 is 0. The summed E-state index contributed by atoms with van der Waals surface area (Å²) in [6.45, 7) is 0. The SMILES string of the molecule is O=C(CC1CCCCC1)NNC(=O)C1CC1. The quantitative estimate of drug-likeness (QED) is 0.714. The Balaban J connectivity index is 1.61. The first-order valence-electron chi connectivity index (χ1n) is 6.34. The minimum atomic E-state index is -0.0408. The van der Waals surface area contributed by atoms with Crippen molar-refractivity contribution in [1.29, 1.82) is 0 Å². The minimum absolute atomic E-state index is 0.0306. The Hall–Kier alpha value is -1.06. The van der Waals surface area contributed by atoms with Crippen molar-refractivity contribution in [2.75, 3.05) is 0 Å². The molecule has 0 aromatic carbocycles. The topological polar surface area (TPSA) is 58.2 Å². The third-order valence-corrected chi connectivity index (χ3v) is 3.47. The fraction of sp³-hybridized carbons (Fsp3) is 0.833. The number of hydrazine groups is 1. The third-order valence-electron chi connectivity index (χ3n) is 3.47. The number of rotatable bonds is 3. The molecule has 4 nitrogen and oxygen atoms in total. The summed E-state index contributed by atoms with van der Waals surface area (Å²) in [5.41, 5.74) is 5.01. The van der Waals surface area contributed by atoms with Gasteiger partial charge in [-0.2, -0.15) is 0 Å². The van der Waals surface area contributed by atoms with Crippen LogP contribution in [0.25, 0.3) is 0 Å². The lowest BCUT2D eigenvalue weighted by molar-refractivity contribution is -0.130. The van der Waals surface area contributed by atoms with Crippen LogP contribution in [0.5, 0.6) is 0 Å². The van der Waals surface area contributed by atoms with Gasteiger partial charge in [-0.15, -0.1) is 0 Å². The van der Waals surface area contributed by atoms with E-state index in [1.165, 1.54) is 19.3 Å². The molecule has 0 spiro atoms. The van der Waals surface area contributed by atoms with Crippen LogP contribution in [-0.4, -0.2) is 11.8 Å². The number of carbonyl (C=O) groups excluding carboxylic acids is 2. The van der Waals surface area contributed by atoms with Crippen molar-refractivity contribution in [2.45, 2.75) is 51.4 Å². The summed E-state index contributed by atoms with van der Waals surface area (Å²) in [6, 6.07) is 0. The summed E-state index contributed by atoms with van der Waals surface area (Å²) in [7, 11) is 0. The molecular weight excluding hydrogens is 204 g/mol. The van der Waals surface area contributed by atoms with Crippen LogP contribution in [0.4, 0.5) is 0 Å². The molecule has 0 bridgehead atoms. The molecule has 90 valence electrons. The second-order valence-corrected chi connectivity index (χ2v) is 5.02. The fourth-order valence-corrected chi connectivity index (χ4v) is 2.28. The highest BCUT2D eigenvalue weighted by Gasteiger charge is 2.29. The van der Waals surface area contributed by atoms with Crippen molar-refractivity contribution in [3.05, 3.63) is 0 Å². The number of carbonyl (C=O) groups is 2. The molecule has 16 heavy (non-hydrogen) atoms. The predicted octanol–water partition coefficient (Wildman–Crippen LogP) is 1.51. The van der Waals surface area contributed by atoms with Gasteiger partial charge < -0.3 is 0 Å². The predicted molar refractivity (Wildman–Crippen MR) is 60.2 cm³/mol. The summed E-state index contributed by atoms with van der Waals surface area (Å²) in [5, 5.41) is 0. The van der Waals surface area contributed by atoms with Gasteiger partial charge in [0.05, 0.1) is 0 Å². The zero-order valence-electron chi connectivity index (χ0n) is 9.63. The molecular formula is C12H20N2O2. The minimum Gasteiger partial charge on any atom is -0.273 e. The van der Waals surface area contributed by atoms with Crippen LogP contribution in [0.15, 0.2) is 0 Å². The van der Waals surface area contributed by atoms with E-state index in [0.29, 0.717) is 12.3 Å². The Kier molecular flexibility index (Phi) is 3.80. The van der Waals surface area contributed by atoms with E-state index < -0.39 is 0 Å². The van der Waals surface area contributed by atoms with Crippen LogP contribution in [0.3, 0.4) is 0 Å². The highest BCUT2D eigenvalue weighted by atomic mass is 16.2. The van der Waals surface area contributed by atoms with Gasteiger partial charge in [-0.1, -0.05) is 19.3 Å². The van der Waals surface area contributed by atoms with Crippen LogP contribution in [-0.2, 0) is 9.59 Å². The highest BCUT2D eigenvalue weighted by molar-refractivity contribution is 5.84. The lowest BCUT2D eigenvalue weighted by atomic mass is 9.87. The van der Waals surface area contributed by atoms with Gasteiger partial charge in [0.25, 0.3) is 0 Å². The second kappa shape index (κ2) is 5.32. The van der Waals surface area contributed by atoms with Gasteiger partial charge >= 0.3 is 0 Å². The molecule has 2 amide bonds. The summed E-state index contributed by atoms with van der Waals surface area (Å²) < 4.78 is 0. The molecule has 2 aliphatic carbocycles. The van der Waals surface area contributed by atoms with Gasteiger partial charge in [0, 0.05) is 12.3 Å². The van der Waals surface area contributed by atoms with Crippen LogP contribution < -0.4 is 10.9 Å².